The van der Waals surface area contributed by atoms with Crippen molar-refractivity contribution in [2.24, 2.45) is 11.5 Å². The summed E-state index contributed by atoms with van der Waals surface area (Å²) in [5, 5.41) is 3.94. The van der Waals surface area contributed by atoms with Gasteiger partial charge in [-0.25, -0.2) is 0 Å². The Bertz CT molecular complexity index is 281. The van der Waals surface area contributed by atoms with E-state index in [4.69, 9.17) is 11.5 Å². The van der Waals surface area contributed by atoms with Crippen LogP contribution in [-0.2, 0) is 11.3 Å². The molecule has 0 saturated heterocycles. The molecule has 66 valence electrons. The number of amides is 1. The van der Waals surface area contributed by atoms with Crippen molar-refractivity contribution in [2.75, 3.05) is 0 Å². The molecule has 0 aliphatic rings. The number of rotatable bonds is 3. The van der Waals surface area contributed by atoms with Crippen molar-refractivity contribution in [3.63, 3.8) is 0 Å². The summed E-state index contributed by atoms with van der Waals surface area (Å²) in [6.45, 7) is 2.11. The third kappa shape index (κ3) is 1.62. The summed E-state index contributed by atoms with van der Waals surface area (Å²) in [5.41, 5.74) is 11.3. The summed E-state index contributed by atoms with van der Waals surface area (Å²) < 4.78 is 1.50. The second kappa shape index (κ2) is 3.36. The van der Waals surface area contributed by atoms with E-state index in [0.717, 1.165) is 5.56 Å². The molecule has 4 N–H and O–H groups in total. The summed E-state index contributed by atoms with van der Waals surface area (Å²) in [6, 6.07) is -0.412. The number of hydrogen-bond acceptors (Lipinski definition) is 3. The minimum atomic E-state index is -0.412. The van der Waals surface area contributed by atoms with Gasteiger partial charge in [0.15, 0.2) is 0 Å². The van der Waals surface area contributed by atoms with Crippen LogP contribution in [0.3, 0.4) is 0 Å². The summed E-state index contributed by atoms with van der Waals surface area (Å²) in [7, 11) is 0. The van der Waals surface area contributed by atoms with E-state index in [2.05, 4.69) is 5.10 Å². The SMILES string of the molecule is CC(C(N)=O)n1cc(CN)cn1. The van der Waals surface area contributed by atoms with Crippen LogP contribution in [-0.4, -0.2) is 15.7 Å². The van der Waals surface area contributed by atoms with Gasteiger partial charge in [0.2, 0.25) is 5.91 Å². The molecule has 0 fully saturated rings. The maximum absolute atomic E-state index is 10.7. The second-order valence-corrected chi connectivity index (χ2v) is 2.61. The van der Waals surface area contributed by atoms with Gasteiger partial charge >= 0.3 is 0 Å². The minimum Gasteiger partial charge on any atom is -0.368 e. The van der Waals surface area contributed by atoms with Crippen molar-refractivity contribution in [2.45, 2.75) is 19.5 Å². The van der Waals surface area contributed by atoms with Gasteiger partial charge in [-0.3, -0.25) is 9.48 Å². The van der Waals surface area contributed by atoms with Gasteiger partial charge in [-0.2, -0.15) is 5.10 Å². The van der Waals surface area contributed by atoms with Crippen molar-refractivity contribution in [3.05, 3.63) is 18.0 Å². The van der Waals surface area contributed by atoms with E-state index in [1.807, 2.05) is 0 Å². The first-order valence-electron chi connectivity index (χ1n) is 3.67. The zero-order chi connectivity index (χ0) is 9.14. The van der Waals surface area contributed by atoms with Crippen LogP contribution in [0.1, 0.15) is 18.5 Å². The Kier molecular flexibility index (Phi) is 2.44. The summed E-state index contributed by atoms with van der Waals surface area (Å²) in [5.74, 6) is -0.401. The smallest absolute Gasteiger partial charge is 0.241 e. The number of nitrogens with zero attached hydrogens (tertiary/aromatic N) is 2. The van der Waals surface area contributed by atoms with Crippen LogP contribution in [0.5, 0.6) is 0 Å². The fourth-order valence-electron chi connectivity index (χ4n) is 0.825. The molecule has 1 heterocycles. The molecule has 1 atom stereocenters. The first-order chi connectivity index (χ1) is 5.65. The molecule has 5 heteroatoms. The topological polar surface area (TPSA) is 86.9 Å². The molecular formula is C7H12N4O. The van der Waals surface area contributed by atoms with Gasteiger partial charge in [0.05, 0.1) is 6.20 Å². The largest absolute Gasteiger partial charge is 0.368 e. The summed E-state index contributed by atoms with van der Waals surface area (Å²) >= 11 is 0. The Morgan fingerprint density at radius 3 is 2.92 bits per heavy atom. The molecule has 1 rings (SSSR count). The molecule has 5 nitrogen and oxygen atoms in total. The third-order valence-corrected chi connectivity index (χ3v) is 1.70. The second-order valence-electron chi connectivity index (χ2n) is 2.61. The Labute approximate surface area is 70.3 Å². The fourth-order valence-corrected chi connectivity index (χ4v) is 0.825. The standard InChI is InChI=1S/C7H12N4O/c1-5(7(9)12)11-4-6(2-8)3-10-11/h3-5H,2,8H2,1H3,(H2,9,12). The third-order valence-electron chi connectivity index (χ3n) is 1.70. The highest BCUT2D eigenvalue weighted by molar-refractivity contribution is 5.77. The van der Waals surface area contributed by atoms with Crippen molar-refractivity contribution in [1.29, 1.82) is 0 Å². The van der Waals surface area contributed by atoms with Gasteiger partial charge < -0.3 is 11.5 Å². The lowest BCUT2D eigenvalue weighted by molar-refractivity contribution is -0.120. The highest BCUT2D eigenvalue weighted by Gasteiger charge is 2.11. The van der Waals surface area contributed by atoms with Crippen LogP contribution in [0.25, 0.3) is 0 Å². The Hall–Kier alpha value is -1.36. The number of nitrogens with two attached hydrogens (primary N) is 2. The van der Waals surface area contributed by atoms with Crippen molar-refractivity contribution >= 4 is 5.91 Å². The average molecular weight is 168 g/mol. The zero-order valence-electron chi connectivity index (χ0n) is 6.90. The first-order valence-corrected chi connectivity index (χ1v) is 3.67. The van der Waals surface area contributed by atoms with Gasteiger partial charge in [-0.1, -0.05) is 0 Å². The molecule has 1 aromatic rings. The molecular weight excluding hydrogens is 156 g/mol. The monoisotopic (exact) mass is 168 g/mol. The van der Waals surface area contributed by atoms with E-state index in [-0.39, 0.29) is 0 Å². The molecule has 0 aliphatic heterocycles. The van der Waals surface area contributed by atoms with Crippen LogP contribution in [0.2, 0.25) is 0 Å². The van der Waals surface area contributed by atoms with Crippen LogP contribution in [0.4, 0.5) is 0 Å². The molecule has 0 saturated carbocycles. The number of carbonyl (C=O) groups excluding carboxylic acids is 1. The van der Waals surface area contributed by atoms with E-state index >= 15 is 0 Å². The molecule has 0 aromatic carbocycles. The van der Waals surface area contributed by atoms with Gasteiger partial charge in [0.25, 0.3) is 0 Å². The van der Waals surface area contributed by atoms with Crippen molar-refractivity contribution in [3.8, 4) is 0 Å². The van der Waals surface area contributed by atoms with Crippen LogP contribution >= 0.6 is 0 Å². The van der Waals surface area contributed by atoms with Gasteiger partial charge in [0.1, 0.15) is 6.04 Å². The lowest BCUT2D eigenvalue weighted by atomic mass is 10.3. The Balaban J connectivity index is 2.81. The van der Waals surface area contributed by atoms with Crippen LogP contribution < -0.4 is 11.5 Å². The molecule has 12 heavy (non-hydrogen) atoms. The highest BCUT2D eigenvalue weighted by atomic mass is 16.1. The van der Waals surface area contributed by atoms with E-state index in [0.29, 0.717) is 6.54 Å². The predicted molar refractivity (Wildman–Crippen MR) is 44.0 cm³/mol. The van der Waals surface area contributed by atoms with Gasteiger partial charge in [0, 0.05) is 18.3 Å². The summed E-state index contributed by atoms with van der Waals surface area (Å²) in [6.07, 6.45) is 3.34. The number of hydrogen-bond donors (Lipinski definition) is 2. The van der Waals surface area contributed by atoms with Crippen LogP contribution in [0, 0.1) is 0 Å². The average Bonchev–Trinajstić information content (AvgIpc) is 2.50. The Morgan fingerprint density at radius 1 is 1.83 bits per heavy atom. The molecule has 0 radical (unpaired) electrons. The van der Waals surface area contributed by atoms with Crippen molar-refractivity contribution < 1.29 is 4.79 Å². The number of primary amides is 1. The summed E-state index contributed by atoms with van der Waals surface area (Å²) in [4.78, 5) is 10.7. The zero-order valence-corrected chi connectivity index (χ0v) is 6.90. The maximum atomic E-state index is 10.7. The minimum absolute atomic E-state index is 0.401. The van der Waals surface area contributed by atoms with E-state index < -0.39 is 11.9 Å². The lowest BCUT2D eigenvalue weighted by Crippen LogP contribution is -2.24. The predicted octanol–water partition coefficient (Wildman–Crippen LogP) is -0.612. The quantitative estimate of drug-likeness (QED) is 0.631. The van der Waals surface area contributed by atoms with Gasteiger partial charge in [-0.05, 0) is 6.92 Å². The lowest BCUT2D eigenvalue weighted by Gasteiger charge is -2.05. The van der Waals surface area contributed by atoms with Gasteiger partial charge in [-0.15, -0.1) is 0 Å². The van der Waals surface area contributed by atoms with E-state index in [9.17, 15) is 4.79 Å². The van der Waals surface area contributed by atoms with E-state index in [1.54, 1.807) is 19.3 Å². The number of carbonyl (C=O) groups is 1. The molecule has 0 aliphatic carbocycles. The van der Waals surface area contributed by atoms with Crippen molar-refractivity contribution in [1.82, 2.24) is 9.78 Å². The maximum Gasteiger partial charge on any atom is 0.241 e. The van der Waals surface area contributed by atoms with E-state index in [1.165, 1.54) is 4.68 Å². The van der Waals surface area contributed by atoms with Crippen LogP contribution in [0.15, 0.2) is 12.4 Å². The molecule has 1 aromatic heterocycles. The molecule has 0 spiro atoms. The highest BCUT2D eigenvalue weighted by Crippen LogP contribution is 2.04. The normalized spacial score (nSPS) is 12.8. The number of aromatic nitrogens is 2. The molecule has 0 bridgehead atoms. The molecule has 1 amide bonds. The Morgan fingerprint density at radius 2 is 2.50 bits per heavy atom. The first kappa shape index (κ1) is 8.73. The molecule has 1 unspecified atom stereocenters. The fraction of sp³-hybridized carbons (Fsp3) is 0.429.